The molecule has 2 heterocycles. The Balaban J connectivity index is 1.91. The second-order valence-electron chi connectivity index (χ2n) is 7.62. The highest BCUT2D eigenvalue weighted by Gasteiger charge is 2.51. The summed E-state index contributed by atoms with van der Waals surface area (Å²) in [6.45, 7) is 9.52. The zero-order chi connectivity index (χ0) is 14.7. The number of thiazole rings is 1. The van der Waals surface area contributed by atoms with Gasteiger partial charge < -0.3 is 9.88 Å². The van der Waals surface area contributed by atoms with E-state index >= 15 is 0 Å². The number of rotatable bonds is 1. The van der Waals surface area contributed by atoms with E-state index in [2.05, 4.69) is 25.8 Å². The number of hydrogen-bond acceptors (Lipinski definition) is 3. The molecule has 2 atom stereocenters. The lowest BCUT2D eigenvalue weighted by Gasteiger charge is -2.39. The van der Waals surface area contributed by atoms with Crippen LogP contribution in [0.5, 0.6) is 0 Å². The maximum Gasteiger partial charge on any atom is 0.305 e. The fraction of sp³-hybridized carbons (Fsp3) is 0.733. The molecule has 2 fully saturated rings. The Kier molecular flexibility index (Phi) is 2.91. The minimum absolute atomic E-state index is 0.0391. The van der Waals surface area contributed by atoms with E-state index in [0.29, 0.717) is 22.0 Å². The first-order valence-electron chi connectivity index (χ1n) is 7.20. The van der Waals surface area contributed by atoms with Gasteiger partial charge in [-0.1, -0.05) is 32.1 Å². The standard InChI is InChI=1S/C15H22N2O2S/c1-9-11(20-13(19)16-9)12(18)17-8-15(4)6-10(17)5-14(2,3)7-15/h10H,5-8H2,1-4H3,(H,16,19). The number of carbonyl (C=O) groups is 1. The third-order valence-electron chi connectivity index (χ3n) is 4.69. The van der Waals surface area contributed by atoms with Crippen molar-refractivity contribution in [3.8, 4) is 0 Å². The molecule has 1 aromatic rings. The summed E-state index contributed by atoms with van der Waals surface area (Å²) in [6.07, 6.45) is 3.33. The first-order valence-corrected chi connectivity index (χ1v) is 8.02. The summed E-state index contributed by atoms with van der Waals surface area (Å²) >= 11 is 1.04. The molecular weight excluding hydrogens is 272 g/mol. The van der Waals surface area contributed by atoms with Gasteiger partial charge >= 0.3 is 4.87 Å². The molecule has 1 saturated carbocycles. The molecule has 3 rings (SSSR count). The van der Waals surface area contributed by atoms with E-state index in [4.69, 9.17) is 0 Å². The number of aromatic nitrogens is 1. The second kappa shape index (κ2) is 4.20. The lowest BCUT2D eigenvalue weighted by Crippen LogP contribution is -2.37. The topological polar surface area (TPSA) is 53.2 Å². The minimum atomic E-state index is -0.139. The number of likely N-dealkylation sites (tertiary alicyclic amines) is 1. The molecule has 20 heavy (non-hydrogen) atoms. The number of nitrogens with one attached hydrogen (secondary N) is 1. The molecule has 1 N–H and O–H groups in total. The van der Waals surface area contributed by atoms with Gasteiger partial charge in [0.1, 0.15) is 4.88 Å². The van der Waals surface area contributed by atoms with Crippen molar-refractivity contribution < 1.29 is 4.79 Å². The third-order valence-corrected chi connectivity index (χ3v) is 5.67. The molecule has 1 aromatic heterocycles. The molecule has 0 aromatic carbocycles. The lowest BCUT2D eigenvalue weighted by molar-refractivity contribution is 0.0712. The van der Waals surface area contributed by atoms with Gasteiger partial charge in [0.05, 0.1) is 0 Å². The predicted molar refractivity (Wildman–Crippen MR) is 80.2 cm³/mol. The van der Waals surface area contributed by atoms with E-state index in [1.807, 2.05) is 4.90 Å². The molecule has 2 unspecified atom stereocenters. The Morgan fingerprint density at radius 3 is 2.65 bits per heavy atom. The van der Waals surface area contributed by atoms with Gasteiger partial charge in [-0.25, -0.2) is 0 Å². The lowest BCUT2D eigenvalue weighted by atomic mass is 9.65. The number of aromatic amines is 1. The van der Waals surface area contributed by atoms with E-state index < -0.39 is 0 Å². The molecule has 1 saturated heterocycles. The number of fused-ring (bicyclic) bond motifs is 2. The van der Waals surface area contributed by atoms with Crippen molar-refractivity contribution in [2.45, 2.75) is 53.0 Å². The molecule has 0 radical (unpaired) electrons. The average molecular weight is 294 g/mol. The first-order chi connectivity index (χ1) is 9.19. The molecule has 2 bridgehead atoms. The molecule has 1 aliphatic carbocycles. The number of aryl methyl sites for hydroxylation is 1. The molecule has 0 spiro atoms. The number of H-pyrrole nitrogens is 1. The number of hydrogen-bond donors (Lipinski definition) is 1. The Morgan fingerprint density at radius 2 is 2.05 bits per heavy atom. The summed E-state index contributed by atoms with van der Waals surface area (Å²) in [7, 11) is 0. The van der Waals surface area contributed by atoms with Gasteiger partial charge in [0.15, 0.2) is 0 Å². The van der Waals surface area contributed by atoms with Crippen molar-refractivity contribution in [3.05, 3.63) is 20.2 Å². The smallest absolute Gasteiger partial charge is 0.305 e. The zero-order valence-electron chi connectivity index (χ0n) is 12.6. The van der Waals surface area contributed by atoms with Gasteiger partial charge in [-0.05, 0) is 37.0 Å². The highest BCUT2D eigenvalue weighted by Crippen LogP contribution is 2.52. The van der Waals surface area contributed by atoms with Crippen LogP contribution in [0.2, 0.25) is 0 Å². The predicted octanol–water partition coefficient (Wildman–Crippen LogP) is 2.79. The Bertz CT molecular complexity index is 616. The van der Waals surface area contributed by atoms with E-state index in [-0.39, 0.29) is 16.2 Å². The van der Waals surface area contributed by atoms with Crippen LogP contribution in [-0.4, -0.2) is 28.4 Å². The van der Waals surface area contributed by atoms with Crippen molar-refractivity contribution in [1.29, 1.82) is 0 Å². The van der Waals surface area contributed by atoms with E-state index in [1.54, 1.807) is 6.92 Å². The Hall–Kier alpha value is -1.10. The van der Waals surface area contributed by atoms with E-state index in [1.165, 1.54) is 6.42 Å². The van der Waals surface area contributed by atoms with Gasteiger partial charge in [-0.15, -0.1) is 0 Å². The number of amides is 1. The van der Waals surface area contributed by atoms with Crippen LogP contribution >= 0.6 is 11.3 Å². The molecule has 1 aliphatic heterocycles. The van der Waals surface area contributed by atoms with Crippen LogP contribution in [-0.2, 0) is 0 Å². The largest absolute Gasteiger partial charge is 0.334 e. The van der Waals surface area contributed by atoms with Crippen LogP contribution in [0.3, 0.4) is 0 Å². The quantitative estimate of drug-likeness (QED) is 0.866. The normalized spacial score (nSPS) is 31.6. The van der Waals surface area contributed by atoms with Crippen molar-refractivity contribution in [2.75, 3.05) is 6.54 Å². The highest BCUT2D eigenvalue weighted by molar-refractivity contribution is 7.11. The summed E-state index contributed by atoms with van der Waals surface area (Å²) in [5, 5.41) is 0. The first kappa shape index (κ1) is 13.9. The van der Waals surface area contributed by atoms with Crippen LogP contribution in [0.15, 0.2) is 4.79 Å². The van der Waals surface area contributed by atoms with Gasteiger partial charge in [-0.3, -0.25) is 9.59 Å². The number of nitrogens with zero attached hydrogens (tertiary/aromatic N) is 1. The highest BCUT2D eigenvalue weighted by atomic mass is 32.1. The molecule has 5 heteroatoms. The minimum Gasteiger partial charge on any atom is -0.334 e. The van der Waals surface area contributed by atoms with Crippen molar-refractivity contribution in [2.24, 2.45) is 10.8 Å². The molecule has 1 amide bonds. The molecular formula is C15H22N2O2S. The Morgan fingerprint density at radius 1 is 1.35 bits per heavy atom. The summed E-state index contributed by atoms with van der Waals surface area (Å²) in [6, 6.07) is 0.327. The maximum absolute atomic E-state index is 12.8. The van der Waals surface area contributed by atoms with Gasteiger partial charge in [0.25, 0.3) is 5.91 Å². The molecule has 4 nitrogen and oxygen atoms in total. The van der Waals surface area contributed by atoms with Crippen molar-refractivity contribution in [1.82, 2.24) is 9.88 Å². The van der Waals surface area contributed by atoms with Crippen LogP contribution in [0, 0.1) is 17.8 Å². The summed E-state index contributed by atoms with van der Waals surface area (Å²) in [5.74, 6) is 0.0391. The Labute approximate surface area is 123 Å². The van der Waals surface area contributed by atoms with Crippen LogP contribution in [0.1, 0.15) is 55.4 Å². The van der Waals surface area contributed by atoms with Crippen LogP contribution in [0.25, 0.3) is 0 Å². The fourth-order valence-electron chi connectivity index (χ4n) is 4.44. The van der Waals surface area contributed by atoms with E-state index in [9.17, 15) is 9.59 Å². The summed E-state index contributed by atoms with van der Waals surface area (Å²) in [5.41, 5.74) is 1.24. The van der Waals surface area contributed by atoms with Gasteiger partial charge in [0, 0.05) is 18.3 Å². The van der Waals surface area contributed by atoms with Crippen molar-refractivity contribution >= 4 is 17.2 Å². The number of carbonyl (C=O) groups excluding carboxylic acids is 1. The van der Waals surface area contributed by atoms with Crippen molar-refractivity contribution in [3.63, 3.8) is 0 Å². The molecule has 2 aliphatic rings. The van der Waals surface area contributed by atoms with Crippen LogP contribution in [0.4, 0.5) is 0 Å². The summed E-state index contributed by atoms with van der Waals surface area (Å²) in [4.78, 5) is 29.3. The zero-order valence-corrected chi connectivity index (χ0v) is 13.4. The molecule has 110 valence electrons. The monoisotopic (exact) mass is 294 g/mol. The van der Waals surface area contributed by atoms with E-state index in [0.717, 1.165) is 30.7 Å². The van der Waals surface area contributed by atoms with Gasteiger partial charge in [0.2, 0.25) is 0 Å². The fourth-order valence-corrected chi connectivity index (χ4v) is 5.23. The second-order valence-corrected chi connectivity index (χ2v) is 8.60. The summed E-state index contributed by atoms with van der Waals surface area (Å²) < 4.78 is 0. The van der Waals surface area contributed by atoms with Crippen LogP contribution < -0.4 is 4.87 Å². The SMILES string of the molecule is Cc1[nH]c(=O)sc1C(=O)N1CC2(C)CC1CC(C)(C)C2. The third kappa shape index (κ3) is 2.22. The average Bonchev–Trinajstić information content (AvgIpc) is 2.73. The van der Waals surface area contributed by atoms with Gasteiger partial charge in [-0.2, -0.15) is 0 Å². The maximum atomic E-state index is 12.8.